The van der Waals surface area contributed by atoms with Gasteiger partial charge in [-0.1, -0.05) is 0 Å². The van der Waals surface area contributed by atoms with Crippen LogP contribution in [0.5, 0.6) is 5.75 Å². The van der Waals surface area contributed by atoms with Crippen LogP contribution < -0.4 is 10.2 Å². The molecule has 1 N–H and O–H groups in total. The summed E-state index contributed by atoms with van der Waals surface area (Å²) < 4.78 is 5.60. The van der Waals surface area contributed by atoms with Crippen molar-refractivity contribution in [1.82, 2.24) is 14.9 Å². The zero-order valence-corrected chi connectivity index (χ0v) is 16.0. The Balaban J connectivity index is 1.56. The molecule has 1 aromatic heterocycles. The fraction of sp³-hybridized carbons (Fsp3) is 0.400. The van der Waals surface area contributed by atoms with Gasteiger partial charge >= 0.3 is 0 Å². The summed E-state index contributed by atoms with van der Waals surface area (Å²) in [5.74, 6) is 1.20. The molecule has 0 bridgehead atoms. The number of amides is 1. The molecular weight excluding hydrogens is 342 g/mol. The number of carbonyl (C=O) groups is 1. The first-order valence-corrected chi connectivity index (χ1v) is 9.15. The van der Waals surface area contributed by atoms with Crippen LogP contribution in [-0.2, 0) is 4.79 Å². The van der Waals surface area contributed by atoms with Crippen molar-refractivity contribution in [2.45, 2.75) is 33.6 Å². The van der Waals surface area contributed by atoms with Crippen molar-refractivity contribution in [3.63, 3.8) is 0 Å². The highest BCUT2D eigenvalue weighted by molar-refractivity contribution is 5.99. The molecule has 0 aliphatic carbocycles. The van der Waals surface area contributed by atoms with E-state index in [2.05, 4.69) is 20.5 Å². The number of ether oxygens (including phenoxy) is 1. The maximum absolute atomic E-state index is 12.0. The van der Waals surface area contributed by atoms with Crippen molar-refractivity contribution >= 4 is 17.6 Å². The number of nitrogens with one attached hydrogen (secondary N) is 1. The zero-order valence-electron chi connectivity index (χ0n) is 16.0. The largest absolute Gasteiger partial charge is 0.484 e. The molecular formula is C20H25N5O2. The lowest BCUT2D eigenvalue weighted by atomic mass is 10.1. The number of hydrogen-bond donors (Lipinski definition) is 1. The van der Waals surface area contributed by atoms with E-state index in [0.717, 1.165) is 48.6 Å². The van der Waals surface area contributed by atoms with Gasteiger partial charge in [0, 0.05) is 24.5 Å². The summed E-state index contributed by atoms with van der Waals surface area (Å²) >= 11 is 0. The number of carbonyl (C=O) groups excluding carboxylic acids is 1. The lowest BCUT2D eigenvalue weighted by molar-refractivity contribution is -0.132. The second-order valence-corrected chi connectivity index (χ2v) is 6.68. The number of rotatable bonds is 6. The number of hydrazone groups is 1. The van der Waals surface area contributed by atoms with Gasteiger partial charge < -0.3 is 9.64 Å². The summed E-state index contributed by atoms with van der Waals surface area (Å²) in [5, 5.41) is 4.34. The first kappa shape index (κ1) is 18.8. The first-order chi connectivity index (χ1) is 13.0. The molecule has 0 radical (unpaired) electrons. The Morgan fingerprint density at radius 2 is 1.78 bits per heavy atom. The predicted molar refractivity (Wildman–Crippen MR) is 105 cm³/mol. The summed E-state index contributed by atoms with van der Waals surface area (Å²) in [7, 11) is 0. The molecule has 1 amide bonds. The minimum Gasteiger partial charge on any atom is -0.484 e. The second-order valence-electron chi connectivity index (χ2n) is 6.68. The topological polar surface area (TPSA) is 79.7 Å². The van der Waals surface area contributed by atoms with E-state index >= 15 is 0 Å². The van der Waals surface area contributed by atoms with E-state index in [1.54, 1.807) is 0 Å². The van der Waals surface area contributed by atoms with Gasteiger partial charge in [-0.05, 0) is 69.5 Å². The van der Waals surface area contributed by atoms with Crippen LogP contribution >= 0.6 is 0 Å². The lowest BCUT2D eigenvalue weighted by Crippen LogP contribution is -2.32. The molecule has 0 saturated carbocycles. The maximum Gasteiger partial charge on any atom is 0.260 e. The average molecular weight is 367 g/mol. The fourth-order valence-electron chi connectivity index (χ4n) is 2.97. The molecule has 0 spiro atoms. The Kier molecular flexibility index (Phi) is 6.01. The first-order valence-electron chi connectivity index (χ1n) is 9.15. The Bertz CT molecular complexity index is 807. The number of aromatic nitrogens is 2. The molecule has 1 fully saturated rings. The molecule has 0 atom stereocenters. The summed E-state index contributed by atoms with van der Waals surface area (Å²) in [5.41, 5.74) is 6.43. The molecule has 1 aliphatic rings. The van der Waals surface area contributed by atoms with E-state index < -0.39 is 0 Å². The van der Waals surface area contributed by atoms with Gasteiger partial charge in [0.15, 0.2) is 6.61 Å². The average Bonchev–Trinajstić information content (AvgIpc) is 3.19. The number of aryl methyl sites for hydroxylation is 2. The van der Waals surface area contributed by atoms with Gasteiger partial charge in [0.1, 0.15) is 5.75 Å². The van der Waals surface area contributed by atoms with E-state index in [-0.39, 0.29) is 12.5 Å². The molecule has 3 rings (SSSR count). The fourth-order valence-corrected chi connectivity index (χ4v) is 2.97. The van der Waals surface area contributed by atoms with Crippen LogP contribution in [0.4, 0.5) is 5.95 Å². The van der Waals surface area contributed by atoms with Crippen LogP contribution in [0.1, 0.15) is 36.7 Å². The molecule has 1 aromatic carbocycles. The van der Waals surface area contributed by atoms with Crippen molar-refractivity contribution < 1.29 is 9.53 Å². The van der Waals surface area contributed by atoms with Gasteiger partial charge in [-0.2, -0.15) is 5.10 Å². The Morgan fingerprint density at radius 1 is 1.15 bits per heavy atom. The predicted octanol–water partition coefficient (Wildman–Crippen LogP) is 2.93. The van der Waals surface area contributed by atoms with Crippen molar-refractivity contribution in [2.24, 2.45) is 5.10 Å². The highest BCUT2D eigenvalue weighted by Crippen LogP contribution is 2.14. The van der Waals surface area contributed by atoms with Crippen LogP contribution in [0.3, 0.4) is 0 Å². The minimum atomic E-state index is 0.0481. The van der Waals surface area contributed by atoms with E-state index in [1.807, 2.05) is 56.0 Å². The monoisotopic (exact) mass is 367 g/mol. The number of hydrogen-bond acceptors (Lipinski definition) is 6. The normalized spacial score (nSPS) is 14.3. The minimum absolute atomic E-state index is 0.0481. The van der Waals surface area contributed by atoms with Crippen molar-refractivity contribution in [3.8, 4) is 5.75 Å². The summed E-state index contributed by atoms with van der Waals surface area (Å²) in [6.07, 6.45) is 2.17. The van der Waals surface area contributed by atoms with Crippen molar-refractivity contribution in [1.29, 1.82) is 0 Å². The van der Waals surface area contributed by atoms with Crippen LogP contribution in [0.15, 0.2) is 35.4 Å². The molecule has 27 heavy (non-hydrogen) atoms. The third-order valence-electron chi connectivity index (χ3n) is 4.40. The van der Waals surface area contributed by atoms with Gasteiger partial charge in [-0.15, -0.1) is 0 Å². The SMILES string of the molecule is C/C(=N/Nc1nc(C)cc(C)n1)c1ccc(OCC(=O)N2CCCC2)cc1. The third kappa shape index (κ3) is 5.26. The quantitative estimate of drug-likeness (QED) is 0.627. The zero-order chi connectivity index (χ0) is 19.2. The Morgan fingerprint density at radius 3 is 2.41 bits per heavy atom. The summed E-state index contributed by atoms with van der Waals surface area (Å²) in [4.78, 5) is 22.5. The van der Waals surface area contributed by atoms with Gasteiger partial charge in [0.2, 0.25) is 5.95 Å². The number of nitrogens with zero attached hydrogens (tertiary/aromatic N) is 4. The van der Waals surface area contributed by atoms with E-state index in [9.17, 15) is 4.79 Å². The van der Waals surface area contributed by atoms with Crippen molar-refractivity contribution in [2.75, 3.05) is 25.1 Å². The van der Waals surface area contributed by atoms with Gasteiger partial charge in [0.05, 0.1) is 5.71 Å². The molecule has 7 nitrogen and oxygen atoms in total. The summed E-state index contributed by atoms with van der Waals surface area (Å²) in [6, 6.07) is 9.43. The highest BCUT2D eigenvalue weighted by atomic mass is 16.5. The standard InChI is InChI=1S/C20H25N5O2/c1-14-12-15(2)22-20(21-14)24-23-16(3)17-6-8-18(9-7-17)27-13-19(26)25-10-4-5-11-25/h6-9,12H,4-5,10-11,13H2,1-3H3,(H,21,22,24)/b23-16-. The van der Waals surface area contributed by atoms with E-state index in [1.165, 1.54) is 0 Å². The smallest absolute Gasteiger partial charge is 0.260 e. The third-order valence-corrected chi connectivity index (χ3v) is 4.40. The molecule has 2 aromatic rings. The van der Waals surface area contributed by atoms with Gasteiger partial charge in [-0.3, -0.25) is 4.79 Å². The molecule has 142 valence electrons. The van der Waals surface area contributed by atoms with Crippen LogP contribution in [0.25, 0.3) is 0 Å². The molecule has 1 aliphatic heterocycles. The van der Waals surface area contributed by atoms with E-state index in [4.69, 9.17) is 4.74 Å². The van der Waals surface area contributed by atoms with E-state index in [0.29, 0.717) is 11.7 Å². The number of likely N-dealkylation sites (tertiary alicyclic amines) is 1. The highest BCUT2D eigenvalue weighted by Gasteiger charge is 2.18. The molecule has 2 heterocycles. The lowest BCUT2D eigenvalue weighted by Gasteiger charge is -2.15. The van der Waals surface area contributed by atoms with Crippen LogP contribution in [0.2, 0.25) is 0 Å². The van der Waals surface area contributed by atoms with Crippen LogP contribution in [0, 0.1) is 13.8 Å². The maximum atomic E-state index is 12.0. The van der Waals surface area contributed by atoms with Crippen molar-refractivity contribution in [3.05, 3.63) is 47.3 Å². The second kappa shape index (κ2) is 8.62. The summed E-state index contributed by atoms with van der Waals surface area (Å²) in [6.45, 7) is 7.51. The van der Waals surface area contributed by atoms with Crippen LogP contribution in [-0.4, -0.2) is 46.2 Å². The Labute approximate surface area is 159 Å². The molecule has 0 unspecified atom stereocenters. The molecule has 1 saturated heterocycles. The Hall–Kier alpha value is -2.96. The van der Waals surface area contributed by atoms with Gasteiger partial charge in [0.25, 0.3) is 5.91 Å². The number of anilines is 1. The number of benzene rings is 1. The van der Waals surface area contributed by atoms with Gasteiger partial charge in [-0.25, -0.2) is 15.4 Å². The molecule has 7 heteroatoms.